The predicted molar refractivity (Wildman–Crippen MR) is 106 cm³/mol. The van der Waals surface area contributed by atoms with E-state index >= 15 is 0 Å². The van der Waals surface area contributed by atoms with Crippen LogP contribution in [0.15, 0.2) is 41.5 Å². The highest BCUT2D eigenvalue weighted by Gasteiger charge is 2.14. The van der Waals surface area contributed by atoms with Gasteiger partial charge in [-0.2, -0.15) is 5.10 Å². The fraction of sp³-hybridized carbons (Fsp3) is 0.300. The van der Waals surface area contributed by atoms with Crippen molar-refractivity contribution in [2.75, 3.05) is 14.2 Å². The van der Waals surface area contributed by atoms with Gasteiger partial charge in [-0.15, -0.1) is 0 Å². The van der Waals surface area contributed by atoms with E-state index in [0.29, 0.717) is 33.4 Å². The lowest BCUT2D eigenvalue weighted by Gasteiger charge is -2.17. The molecule has 0 saturated heterocycles. The van der Waals surface area contributed by atoms with E-state index in [0.717, 1.165) is 6.42 Å². The van der Waals surface area contributed by atoms with Crippen LogP contribution in [-0.2, 0) is 0 Å². The van der Waals surface area contributed by atoms with E-state index in [2.05, 4.69) is 10.5 Å². The Balaban J connectivity index is 2.09. The molecule has 2 aromatic carbocycles. The summed E-state index contributed by atoms with van der Waals surface area (Å²) < 4.78 is 16.2. The van der Waals surface area contributed by atoms with Gasteiger partial charge in [0, 0.05) is 5.56 Å². The van der Waals surface area contributed by atoms with E-state index in [1.54, 1.807) is 50.6 Å². The summed E-state index contributed by atoms with van der Waals surface area (Å²) >= 11 is 6.31. The zero-order valence-corrected chi connectivity index (χ0v) is 16.5. The van der Waals surface area contributed by atoms with Gasteiger partial charge < -0.3 is 14.2 Å². The van der Waals surface area contributed by atoms with Crippen LogP contribution in [-0.4, -0.2) is 32.4 Å². The molecule has 2 rings (SSSR count). The van der Waals surface area contributed by atoms with Gasteiger partial charge in [0.1, 0.15) is 5.75 Å². The lowest BCUT2D eigenvalue weighted by molar-refractivity contribution is 0.0955. The molecule has 0 heterocycles. The van der Waals surface area contributed by atoms with Gasteiger partial charge in [-0.25, -0.2) is 5.43 Å². The first-order valence-electron chi connectivity index (χ1n) is 8.50. The molecule has 0 fully saturated rings. The Hall–Kier alpha value is -2.73. The minimum atomic E-state index is -0.330. The molecule has 0 radical (unpaired) electrons. The van der Waals surface area contributed by atoms with Gasteiger partial charge in [0.2, 0.25) is 0 Å². The Morgan fingerprint density at radius 2 is 1.93 bits per heavy atom. The van der Waals surface area contributed by atoms with Crippen LogP contribution in [0.3, 0.4) is 0 Å². The molecule has 0 aliphatic rings. The molecule has 1 amide bonds. The molecule has 27 heavy (non-hydrogen) atoms. The lowest BCUT2D eigenvalue weighted by atomic mass is 10.2. The van der Waals surface area contributed by atoms with Crippen LogP contribution < -0.4 is 19.6 Å². The third kappa shape index (κ3) is 5.62. The number of benzene rings is 2. The molecule has 144 valence electrons. The standard InChI is InChI=1S/C20H23ClN2O4/c1-5-13(2)27-19-17(21)10-14(11-18(19)26-4)12-22-23-20(24)15-6-8-16(25-3)9-7-15/h6-13H,5H2,1-4H3,(H,23,24)/b22-12-/t13-/m0/s1. The highest BCUT2D eigenvalue weighted by atomic mass is 35.5. The number of carbonyl (C=O) groups excluding carboxylic acids is 1. The Bertz CT molecular complexity index is 806. The molecule has 0 aliphatic heterocycles. The second kappa shape index (κ2) is 9.83. The zero-order chi connectivity index (χ0) is 19.8. The summed E-state index contributed by atoms with van der Waals surface area (Å²) in [6.07, 6.45) is 2.35. The second-order valence-corrected chi connectivity index (χ2v) is 6.21. The van der Waals surface area contributed by atoms with Crippen molar-refractivity contribution in [1.82, 2.24) is 5.43 Å². The fourth-order valence-electron chi connectivity index (χ4n) is 2.19. The third-order valence-electron chi connectivity index (χ3n) is 3.88. The smallest absolute Gasteiger partial charge is 0.271 e. The van der Waals surface area contributed by atoms with Gasteiger partial charge in [0.05, 0.1) is 31.6 Å². The van der Waals surface area contributed by atoms with Crippen molar-refractivity contribution in [1.29, 1.82) is 0 Å². The van der Waals surface area contributed by atoms with Gasteiger partial charge in [-0.3, -0.25) is 4.79 Å². The molecule has 6 nitrogen and oxygen atoms in total. The third-order valence-corrected chi connectivity index (χ3v) is 4.16. The summed E-state index contributed by atoms with van der Waals surface area (Å²) in [5.41, 5.74) is 3.62. The first-order valence-corrected chi connectivity index (χ1v) is 8.87. The number of carbonyl (C=O) groups is 1. The Labute approximate surface area is 164 Å². The van der Waals surface area contributed by atoms with Gasteiger partial charge in [-0.05, 0) is 55.3 Å². The number of hydrogen-bond donors (Lipinski definition) is 1. The minimum absolute atomic E-state index is 0.0136. The minimum Gasteiger partial charge on any atom is -0.497 e. The topological polar surface area (TPSA) is 69.2 Å². The number of ether oxygens (including phenoxy) is 3. The van der Waals surface area contributed by atoms with Crippen molar-refractivity contribution < 1.29 is 19.0 Å². The molecule has 0 aromatic heterocycles. The number of amides is 1. The molecule has 1 N–H and O–H groups in total. The SMILES string of the molecule is CC[C@H](C)Oc1c(Cl)cc(/C=N\NC(=O)c2ccc(OC)cc2)cc1OC. The Morgan fingerprint density at radius 3 is 2.52 bits per heavy atom. The number of hydrogen-bond acceptors (Lipinski definition) is 5. The van der Waals surface area contributed by atoms with E-state index < -0.39 is 0 Å². The van der Waals surface area contributed by atoms with Crippen LogP contribution in [0, 0.1) is 0 Å². The summed E-state index contributed by atoms with van der Waals surface area (Å²) in [7, 11) is 3.11. The largest absolute Gasteiger partial charge is 0.497 e. The van der Waals surface area contributed by atoms with Crippen LogP contribution in [0.4, 0.5) is 0 Å². The highest BCUT2D eigenvalue weighted by molar-refractivity contribution is 6.32. The summed E-state index contributed by atoms with van der Waals surface area (Å²) in [6, 6.07) is 10.2. The number of rotatable bonds is 8. The van der Waals surface area contributed by atoms with Crippen LogP contribution in [0.2, 0.25) is 5.02 Å². The maximum absolute atomic E-state index is 12.1. The average molecular weight is 391 g/mol. The van der Waals surface area contributed by atoms with Crippen LogP contribution >= 0.6 is 11.6 Å². The van der Waals surface area contributed by atoms with Gasteiger partial charge in [0.15, 0.2) is 11.5 Å². The molecule has 0 saturated carbocycles. The van der Waals surface area contributed by atoms with Crippen molar-refractivity contribution >= 4 is 23.7 Å². The van der Waals surface area contributed by atoms with E-state index in [1.165, 1.54) is 6.21 Å². The average Bonchev–Trinajstić information content (AvgIpc) is 2.69. The van der Waals surface area contributed by atoms with Gasteiger partial charge in [-0.1, -0.05) is 18.5 Å². The quantitative estimate of drug-likeness (QED) is 0.539. The van der Waals surface area contributed by atoms with Crippen LogP contribution in [0.5, 0.6) is 17.2 Å². The highest BCUT2D eigenvalue weighted by Crippen LogP contribution is 2.37. The summed E-state index contributed by atoms with van der Waals surface area (Å²) in [6.45, 7) is 3.98. The zero-order valence-electron chi connectivity index (χ0n) is 15.8. The molecule has 7 heteroatoms. The maximum Gasteiger partial charge on any atom is 0.271 e. The van der Waals surface area contributed by atoms with Gasteiger partial charge in [0.25, 0.3) is 5.91 Å². The molecule has 0 bridgehead atoms. The van der Waals surface area contributed by atoms with E-state index in [1.807, 2.05) is 13.8 Å². The number of methoxy groups -OCH3 is 2. The molecular formula is C20H23ClN2O4. The number of hydrazone groups is 1. The van der Waals surface area contributed by atoms with Gasteiger partial charge >= 0.3 is 0 Å². The molecule has 0 unspecified atom stereocenters. The number of nitrogens with one attached hydrogen (secondary N) is 1. The fourth-order valence-corrected chi connectivity index (χ4v) is 2.45. The maximum atomic E-state index is 12.1. The van der Waals surface area contributed by atoms with E-state index in [4.69, 9.17) is 25.8 Å². The van der Waals surface area contributed by atoms with Crippen LogP contribution in [0.1, 0.15) is 36.2 Å². The van der Waals surface area contributed by atoms with Crippen molar-refractivity contribution in [3.8, 4) is 17.2 Å². The monoisotopic (exact) mass is 390 g/mol. The predicted octanol–water partition coefficient (Wildman–Crippen LogP) is 4.30. The summed E-state index contributed by atoms with van der Waals surface area (Å²) in [5, 5.41) is 4.39. The summed E-state index contributed by atoms with van der Waals surface area (Å²) in [4.78, 5) is 12.1. The molecule has 1 atom stereocenters. The number of halogens is 1. The Kier molecular flexibility index (Phi) is 7.49. The molecule has 2 aromatic rings. The molecule has 0 aliphatic carbocycles. The second-order valence-electron chi connectivity index (χ2n) is 5.80. The van der Waals surface area contributed by atoms with Crippen molar-refractivity contribution in [2.24, 2.45) is 5.10 Å². The van der Waals surface area contributed by atoms with E-state index in [9.17, 15) is 4.79 Å². The molecular weight excluding hydrogens is 368 g/mol. The normalized spacial score (nSPS) is 11.9. The lowest BCUT2D eigenvalue weighted by Crippen LogP contribution is -2.17. The van der Waals surface area contributed by atoms with Crippen molar-refractivity contribution in [3.05, 3.63) is 52.5 Å². The van der Waals surface area contributed by atoms with Crippen LogP contribution in [0.25, 0.3) is 0 Å². The number of nitrogens with zero attached hydrogens (tertiary/aromatic N) is 1. The first kappa shape index (κ1) is 20.6. The van der Waals surface area contributed by atoms with Crippen molar-refractivity contribution in [3.63, 3.8) is 0 Å². The Morgan fingerprint density at radius 1 is 1.22 bits per heavy atom. The first-order chi connectivity index (χ1) is 13.0. The molecule has 0 spiro atoms. The van der Waals surface area contributed by atoms with Crippen molar-refractivity contribution in [2.45, 2.75) is 26.4 Å². The van der Waals surface area contributed by atoms with E-state index in [-0.39, 0.29) is 12.0 Å². The summed E-state index contributed by atoms with van der Waals surface area (Å²) in [5.74, 6) is 1.35.